The molecule has 4 aromatic rings. The maximum absolute atomic E-state index is 13.1. The number of nitrogens with one attached hydrogen (secondary N) is 1. The second-order valence-corrected chi connectivity index (χ2v) is 9.80. The van der Waals surface area contributed by atoms with Gasteiger partial charge in [-0.15, -0.1) is 11.3 Å². The smallest absolute Gasteiger partial charge is 0.263 e. The first-order valence-corrected chi connectivity index (χ1v) is 12.4. The number of aromatic nitrogens is 2. The van der Waals surface area contributed by atoms with E-state index < -0.39 is 10.0 Å². The van der Waals surface area contributed by atoms with E-state index in [9.17, 15) is 13.5 Å². The number of rotatable bonds is 8. The van der Waals surface area contributed by atoms with Crippen LogP contribution in [0.15, 0.2) is 77.0 Å². The van der Waals surface area contributed by atoms with Crippen molar-refractivity contribution in [3.8, 4) is 22.0 Å². The van der Waals surface area contributed by atoms with Gasteiger partial charge in [-0.1, -0.05) is 31.5 Å². The Balaban J connectivity index is 1.68. The summed E-state index contributed by atoms with van der Waals surface area (Å²) in [7, 11) is -3.80. The second kappa shape index (κ2) is 8.95. The highest BCUT2D eigenvalue weighted by Gasteiger charge is 2.19. The van der Waals surface area contributed by atoms with Gasteiger partial charge in [0, 0.05) is 6.07 Å². The first-order valence-electron chi connectivity index (χ1n) is 10.0. The highest BCUT2D eigenvalue weighted by Crippen LogP contribution is 2.29. The van der Waals surface area contributed by atoms with Crippen molar-refractivity contribution in [2.45, 2.75) is 31.1 Å². The molecule has 0 fully saturated rings. The third kappa shape index (κ3) is 4.81. The molecule has 6 nitrogen and oxygen atoms in total. The zero-order valence-electron chi connectivity index (χ0n) is 17.0. The van der Waals surface area contributed by atoms with Crippen LogP contribution in [0.4, 0.5) is 5.82 Å². The molecule has 160 valence electrons. The van der Waals surface area contributed by atoms with Crippen molar-refractivity contribution in [2.24, 2.45) is 0 Å². The van der Waals surface area contributed by atoms with Crippen molar-refractivity contribution < 1.29 is 13.5 Å². The Labute approximate surface area is 185 Å². The fraction of sp³-hybridized carbons (Fsp3) is 0.174. The standard InChI is InChI=1S/C23H23N3O3S2/c1-2-3-5-17-7-13-20(14-8-17)31(28,29)25-23-16-21(22-6-4-15-30-22)24-26(23)18-9-11-19(27)12-10-18/h4,6-16,25,27H,2-3,5H2,1H3. The normalized spacial score (nSPS) is 11.5. The number of phenolic OH excluding ortho intramolecular Hbond substituents is 1. The van der Waals surface area contributed by atoms with Crippen LogP contribution in [-0.2, 0) is 16.4 Å². The van der Waals surface area contributed by atoms with Crippen LogP contribution in [-0.4, -0.2) is 23.3 Å². The SMILES string of the molecule is CCCCc1ccc(S(=O)(=O)Nc2cc(-c3cccs3)nn2-c2ccc(O)cc2)cc1. The second-order valence-electron chi connectivity index (χ2n) is 7.17. The van der Waals surface area contributed by atoms with Gasteiger partial charge in [-0.3, -0.25) is 4.72 Å². The maximum atomic E-state index is 13.1. The number of nitrogens with zero attached hydrogens (tertiary/aromatic N) is 2. The van der Waals surface area contributed by atoms with Crippen molar-refractivity contribution in [3.63, 3.8) is 0 Å². The molecule has 2 heterocycles. The molecule has 0 atom stereocenters. The Morgan fingerprint density at radius 1 is 1.06 bits per heavy atom. The molecular formula is C23H23N3O3S2. The summed E-state index contributed by atoms with van der Waals surface area (Å²) in [6.07, 6.45) is 3.10. The zero-order chi connectivity index (χ0) is 21.8. The number of unbranched alkanes of at least 4 members (excludes halogenated alkanes) is 1. The van der Waals surface area contributed by atoms with Gasteiger partial charge < -0.3 is 5.11 Å². The zero-order valence-corrected chi connectivity index (χ0v) is 18.7. The van der Waals surface area contributed by atoms with E-state index in [1.54, 1.807) is 30.3 Å². The maximum Gasteiger partial charge on any atom is 0.263 e. The molecule has 0 saturated heterocycles. The summed E-state index contributed by atoms with van der Waals surface area (Å²) in [5.74, 6) is 0.448. The molecule has 0 radical (unpaired) electrons. The van der Waals surface area contributed by atoms with E-state index in [1.807, 2.05) is 29.6 Å². The van der Waals surface area contributed by atoms with Gasteiger partial charge in [-0.05, 0) is 66.2 Å². The number of sulfonamides is 1. The third-order valence-corrected chi connectivity index (χ3v) is 7.13. The van der Waals surface area contributed by atoms with Gasteiger partial charge >= 0.3 is 0 Å². The minimum Gasteiger partial charge on any atom is -0.508 e. The van der Waals surface area contributed by atoms with Crippen molar-refractivity contribution in [1.82, 2.24) is 9.78 Å². The lowest BCUT2D eigenvalue weighted by molar-refractivity contribution is 0.475. The first kappa shape index (κ1) is 21.1. The molecule has 0 aliphatic rings. The average molecular weight is 454 g/mol. The molecule has 0 unspecified atom stereocenters. The highest BCUT2D eigenvalue weighted by atomic mass is 32.2. The molecule has 2 aromatic carbocycles. The van der Waals surface area contributed by atoms with Crippen LogP contribution in [0.2, 0.25) is 0 Å². The predicted octanol–water partition coefficient (Wildman–Crippen LogP) is 5.45. The van der Waals surface area contributed by atoms with Crippen LogP contribution in [0.25, 0.3) is 16.3 Å². The van der Waals surface area contributed by atoms with Crippen molar-refractivity contribution in [2.75, 3.05) is 4.72 Å². The molecule has 0 bridgehead atoms. The quantitative estimate of drug-likeness (QED) is 0.372. The molecule has 0 spiro atoms. The Bertz CT molecular complexity index is 1240. The number of hydrogen-bond donors (Lipinski definition) is 2. The number of aryl methyl sites for hydroxylation is 1. The first-order chi connectivity index (χ1) is 15.0. The van der Waals surface area contributed by atoms with E-state index in [0.29, 0.717) is 17.2 Å². The van der Waals surface area contributed by atoms with Gasteiger partial charge in [0.2, 0.25) is 0 Å². The van der Waals surface area contributed by atoms with Crippen LogP contribution >= 0.6 is 11.3 Å². The molecule has 31 heavy (non-hydrogen) atoms. The minimum atomic E-state index is -3.80. The Kier molecular flexibility index (Phi) is 6.11. The van der Waals surface area contributed by atoms with E-state index in [1.165, 1.54) is 28.2 Å². The van der Waals surface area contributed by atoms with Crippen LogP contribution in [0, 0.1) is 0 Å². The monoisotopic (exact) mass is 453 g/mol. The molecule has 0 aliphatic heterocycles. The fourth-order valence-corrected chi connectivity index (χ4v) is 4.92. The lowest BCUT2D eigenvalue weighted by Gasteiger charge is -2.11. The Morgan fingerprint density at radius 2 is 1.81 bits per heavy atom. The van der Waals surface area contributed by atoms with Gasteiger partial charge in [0.25, 0.3) is 10.0 Å². The summed E-state index contributed by atoms with van der Waals surface area (Å²) >= 11 is 1.53. The Morgan fingerprint density at radius 3 is 2.45 bits per heavy atom. The van der Waals surface area contributed by atoms with Crippen LogP contribution in [0.5, 0.6) is 5.75 Å². The molecule has 8 heteroatoms. The summed E-state index contributed by atoms with van der Waals surface area (Å²) in [6.45, 7) is 2.13. The minimum absolute atomic E-state index is 0.125. The predicted molar refractivity (Wildman–Crippen MR) is 124 cm³/mol. The summed E-state index contributed by atoms with van der Waals surface area (Å²) in [5.41, 5.74) is 2.42. The van der Waals surface area contributed by atoms with Crippen molar-refractivity contribution in [3.05, 3.63) is 77.7 Å². The number of hydrogen-bond acceptors (Lipinski definition) is 5. The summed E-state index contributed by atoms with van der Waals surface area (Å²) in [4.78, 5) is 1.13. The summed E-state index contributed by atoms with van der Waals surface area (Å²) in [6, 6.07) is 19.0. The largest absolute Gasteiger partial charge is 0.508 e. The molecule has 4 rings (SSSR count). The molecule has 2 N–H and O–H groups in total. The topological polar surface area (TPSA) is 84.2 Å². The van der Waals surface area contributed by atoms with E-state index >= 15 is 0 Å². The third-order valence-electron chi connectivity index (χ3n) is 4.87. The number of aromatic hydroxyl groups is 1. The fourth-order valence-electron chi connectivity index (χ4n) is 3.20. The molecule has 2 aromatic heterocycles. The van der Waals surface area contributed by atoms with Crippen LogP contribution in [0.3, 0.4) is 0 Å². The summed E-state index contributed by atoms with van der Waals surface area (Å²) in [5, 5.41) is 16.1. The van der Waals surface area contributed by atoms with E-state index in [-0.39, 0.29) is 10.6 Å². The molecule has 0 aliphatic carbocycles. The lowest BCUT2D eigenvalue weighted by atomic mass is 10.1. The van der Waals surface area contributed by atoms with Gasteiger partial charge in [0.05, 0.1) is 15.5 Å². The lowest BCUT2D eigenvalue weighted by Crippen LogP contribution is -2.16. The Hall–Kier alpha value is -3.10. The molecule has 0 amide bonds. The molecular weight excluding hydrogens is 430 g/mol. The highest BCUT2D eigenvalue weighted by molar-refractivity contribution is 7.92. The van der Waals surface area contributed by atoms with Crippen LogP contribution in [0.1, 0.15) is 25.3 Å². The average Bonchev–Trinajstić information content (AvgIpc) is 3.43. The number of thiophene rings is 1. The van der Waals surface area contributed by atoms with Gasteiger partial charge in [-0.2, -0.15) is 5.10 Å². The number of benzene rings is 2. The van der Waals surface area contributed by atoms with Crippen LogP contribution < -0.4 is 4.72 Å². The van der Waals surface area contributed by atoms with Gasteiger partial charge in [-0.25, -0.2) is 13.1 Å². The van der Waals surface area contributed by atoms with E-state index in [0.717, 1.165) is 29.7 Å². The van der Waals surface area contributed by atoms with Gasteiger partial charge in [0.1, 0.15) is 17.3 Å². The number of anilines is 1. The molecule has 0 saturated carbocycles. The van der Waals surface area contributed by atoms with Crippen molar-refractivity contribution >= 4 is 27.2 Å². The van der Waals surface area contributed by atoms with Crippen molar-refractivity contribution in [1.29, 1.82) is 0 Å². The van der Waals surface area contributed by atoms with E-state index in [4.69, 9.17) is 0 Å². The van der Waals surface area contributed by atoms with E-state index in [2.05, 4.69) is 16.7 Å². The number of phenols is 1. The summed E-state index contributed by atoms with van der Waals surface area (Å²) < 4.78 is 30.3. The van der Waals surface area contributed by atoms with Gasteiger partial charge in [0.15, 0.2) is 0 Å².